The molecule has 1 saturated carbocycles. The minimum absolute atomic E-state index is 0.0441. The second kappa shape index (κ2) is 11.2. The summed E-state index contributed by atoms with van der Waals surface area (Å²) in [5.41, 5.74) is 0.586. The van der Waals surface area contributed by atoms with Crippen molar-refractivity contribution in [2.45, 2.75) is 89.4 Å². The monoisotopic (exact) mass is 495 g/mol. The summed E-state index contributed by atoms with van der Waals surface area (Å²) in [5, 5.41) is 5.67. The molecule has 2 saturated heterocycles. The minimum atomic E-state index is -0.680. The van der Waals surface area contributed by atoms with Crippen LogP contribution in [0.4, 0.5) is 4.79 Å². The van der Waals surface area contributed by atoms with E-state index in [0.717, 1.165) is 19.4 Å². The van der Waals surface area contributed by atoms with Crippen molar-refractivity contribution in [1.29, 1.82) is 0 Å². The van der Waals surface area contributed by atoms with Gasteiger partial charge in [-0.2, -0.15) is 0 Å². The molecule has 0 radical (unpaired) electrons. The van der Waals surface area contributed by atoms with Gasteiger partial charge in [0.2, 0.25) is 5.91 Å². The van der Waals surface area contributed by atoms with Gasteiger partial charge in [-0.05, 0) is 60.0 Å². The van der Waals surface area contributed by atoms with Crippen LogP contribution < -0.4 is 10.6 Å². The number of allylic oxidation sites excluding steroid dienone is 1. The molecule has 9 heteroatoms. The molecule has 1 aliphatic carbocycles. The number of methoxy groups -OCH3 is 1. The number of ether oxygens (including phenoxy) is 4. The molecule has 1 spiro atoms. The normalized spacial score (nSPS) is 34.5. The Labute approximate surface area is 210 Å². The maximum atomic E-state index is 12.9. The molecule has 2 aliphatic heterocycles. The van der Waals surface area contributed by atoms with Gasteiger partial charge >= 0.3 is 6.09 Å². The lowest BCUT2D eigenvalue weighted by Crippen LogP contribution is -2.57. The van der Waals surface area contributed by atoms with E-state index in [0.29, 0.717) is 19.6 Å². The van der Waals surface area contributed by atoms with E-state index in [1.807, 2.05) is 32.8 Å². The van der Waals surface area contributed by atoms with E-state index < -0.39 is 23.8 Å². The Morgan fingerprint density at radius 1 is 1.26 bits per heavy atom. The lowest BCUT2D eigenvalue weighted by atomic mass is 9.68. The predicted molar refractivity (Wildman–Crippen MR) is 133 cm³/mol. The Morgan fingerprint density at radius 3 is 2.49 bits per heavy atom. The molecule has 200 valence electrons. The number of likely N-dealkylation sites (N-methyl/N-ethyl adjacent to an activating group) is 1. The standard InChI is InChI=1S/C26H45N3O6/c1-16(2)9-10-19-25(5,35-19)22-21(32-8)18(11-12-26(22)15-33-26)34-24(31)28-20(17(3)4)23(30)27-13-14-29(6)7/h9,17-22H,10-15H2,1-8H3,(H,27,30)(H,28,31)/t18-,19-,20-,21?,22-,25+,26+/m1/s1. The summed E-state index contributed by atoms with van der Waals surface area (Å²) >= 11 is 0. The number of carbonyl (C=O) groups is 2. The molecular formula is C26H45N3O6. The van der Waals surface area contributed by atoms with E-state index in [4.69, 9.17) is 18.9 Å². The van der Waals surface area contributed by atoms with Crippen LogP contribution >= 0.6 is 0 Å². The van der Waals surface area contributed by atoms with Crippen molar-refractivity contribution in [3.63, 3.8) is 0 Å². The van der Waals surface area contributed by atoms with Crippen molar-refractivity contribution in [3.8, 4) is 0 Å². The first-order chi connectivity index (χ1) is 16.4. The largest absolute Gasteiger partial charge is 0.443 e. The smallest absolute Gasteiger partial charge is 0.408 e. The van der Waals surface area contributed by atoms with E-state index in [-0.39, 0.29) is 35.6 Å². The first-order valence-corrected chi connectivity index (χ1v) is 12.8. The van der Waals surface area contributed by atoms with E-state index in [2.05, 4.69) is 37.5 Å². The van der Waals surface area contributed by atoms with Crippen molar-refractivity contribution < 1.29 is 28.5 Å². The van der Waals surface area contributed by atoms with Crippen LogP contribution in [0.5, 0.6) is 0 Å². The zero-order valence-corrected chi connectivity index (χ0v) is 22.7. The van der Waals surface area contributed by atoms with Crippen molar-refractivity contribution in [1.82, 2.24) is 15.5 Å². The Hall–Kier alpha value is -1.68. The molecule has 0 bridgehead atoms. The van der Waals surface area contributed by atoms with Gasteiger partial charge < -0.3 is 34.5 Å². The molecule has 1 unspecified atom stereocenters. The fraction of sp³-hybridized carbons (Fsp3) is 0.846. The number of nitrogens with zero attached hydrogens (tertiary/aromatic N) is 1. The first-order valence-electron chi connectivity index (χ1n) is 12.8. The van der Waals surface area contributed by atoms with E-state index >= 15 is 0 Å². The van der Waals surface area contributed by atoms with Crippen LogP contribution in [-0.2, 0) is 23.7 Å². The molecular weight excluding hydrogens is 450 g/mol. The van der Waals surface area contributed by atoms with Crippen molar-refractivity contribution >= 4 is 12.0 Å². The minimum Gasteiger partial charge on any atom is -0.443 e. The van der Waals surface area contributed by atoms with Gasteiger partial charge in [0.15, 0.2) is 0 Å². The van der Waals surface area contributed by atoms with Crippen LogP contribution in [0.15, 0.2) is 11.6 Å². The molecule has 9 nitrogen and oxygen atoms in total. The molecule has 2 amide bonds. The average Bonchev–Trinajstić information content (AvgIpc) is 3.68. The fourth-order valence-electron chi connectivity index (χ4n) is 5.42. The summed E-state index contributed by atoms with van der Waals surface area (Å²) in [4.78, 5) is 27.6. The number of rotatable bonds is 11. The summed E-state index contributed by atoms with van der Waals surface area (Å²) in [6.45, 7) is 12.0. The number of alkyl carbamates (subject to hydrolysis) is 1. The van der Waals surface area contributed by atoms with Gasteiger partial charge in [-0.1, -0.05) is 25.5 Å². The van der Waals surface area contributed by atoms with Gasteiger partial charge in [0, 0.05) is 20.2 Å². The van der Waals surface area contributed by atoms with Gasteiger partial charge in [-0.25, -0.2) is 4.79 Å². The number of nitrogens with one attached hydrogen (secondary N) is 2. The van der Waals surface area contributed by atoms with Crippen LogP contribution in [0.2, 0.25) is 0 Å². The maximum Gasteiger partial charge on any atom is 0.408 e. The molecule has 3 aliphatic rings. The highest BCUT2D eigenvalue weighted by Crippen LogP contribution is 2.59. The Kier molecular flexibility index (Phi) is 8.89. The third-order valence-electron chi connectivity index (χ3n) is 7.58. The molecule has 0 aromatic heterocycles. The molecule has 3 rings (SSSR count). The summed E-state index contributed by atoms with van der Waals surface area (Å²) in [6, 6.07) is -0.680. The number of hydrogen-bond acceptors (Lipinski definition) is 7. The predicted octanol–water partition coefficient (Wildman–Crippen LogP) is 2.49. The van der Waals surface area contributed by atoms with Gasteiger partial charge in [-0.15, -0.1) is 0 Å². The van der Waals surface area contributed by atoms with E-state index in [9.17, 15) is 9.59 Å². The highest BCUT2D eigenvalue weighted by Gasteiger charge is 2.72. The molecule has 0 aromatic carbocycles. The van der Waals surface area contributed by atoms with Crippen molar-refractivity contribution in [3.05, 3.63) is 11.6 Å². The molecule has 7 atom stereocenters. The third-order valence-corrected chi connectivity index (χ3v) is 7.58. The highest BCUT2D eigenvalue weighted by atomic mass is 16.6. The molecule has 2 heterocycles. The summed E-state index contributed by atoms with van der Waals surface area (Å²) in [7, 11) is 5.54. The summed E-state index contributed by atoms with van der Waals surface area (Å²) in [5.74, 6) is -0.343. The second-order valence-electron chi connectivity index (χ2n) is 11.3. The van der Waals surface area contributed by atoms with E-state index in [1.54, 1.807) is 7.11 Å². The lowest BCUT2D eigenvalue weighted by molar-refractivity contribution is -0.125. The Morgan fingerprint density at radius 2 is 1.94 bits per heavy atom. The van der Waals surface area contributed by atoms with E-state index in [1.165, 1.54) is 5.57 Å². The number of amides is 2. The summed E-state index contributed by atoms with van der Waals surface area (Å²) in [6.07, 6.45) is 3.13. The molecule has 35 heavy (non-hydrogen) atoms. The average molecular weight is 496 g/mol. The Bertz CT molecular complexity index is 792. The second-order valence-corrected chi connectivity index (χ2v) is 11.3. The van der Waals surface area contributed by atoms with Crippen LogP contribution in [0.25, 0.3) is 0 Å². The van der Waals surface area contributed by atoms with Crippen molar-refractivity contribution in [2.75, 3.05) is 40.9 Å². The quantitative estimate of drug-likeness (QED) is 0.335. The molecule has 0 aromatic rings. The lowest BCUT2D eigenvalue weighted by Gasteiger charge is -2.42. The molecule has 2 N–H and O–H groups in total. The van der Waals surface area contributed by atoms with Crippen LogP contribution in [0.3, 0.4) is 0 Å². The third kappa shape index (κ3) is 6.56. The van der Waals surface area contributed by atoms with Crippen LogP contribution in [0.1, 0.15) is 53.9 Å². The SMILES string of the molecule is COC1[C@H](OC(=O)N[C@@H](C(=O)NCCN(C)C)C(C)C)CC[C@]2(CO2)[C@H]1[C@@]1(C)O[C@@H]1CC=C(C)C. The zero-order chi connectivity index (χ0) is 26.0. The van der Waals surface area contributed by atoms with Gasteiger partial charge in [0.1, 0.15) is 29.5 Å². The van der Waals surface area contributed by atoms with Gasteiger partial charge in [0.05, 0.1) is 18.6 Å². The van der Waals surface area contributed by atoms with Crippen LogP contribution in [-0.4, -0.2) is 93.4 Å². The summed E-state index contributed by atoms with van der Waals surface area (Å²) < 4.78 is 24.0. The van der Waals surface area contributed by atoms with Gasteiger partial charge in [-0.3, -0.25) is 4.79 Å². The highest BCUT2D eigenvalue weighted by molar-refractivity contribution is 5.85. The van der Waals surface area contributed by atoms with Crippen molar-refractivity contribution in [2.24, 2.45) is 11.8 Å². The first kappa shape index (κ1) is 27.9. The number of carbonyl (C=O) groups excluding carboxylic acids is 2. The number of epoxide rings is 2. The maximum absolute atomic E-state index is 12.9. The Balaban J connectivity index is 1.64. The van der Waals surface area contributed by atoms with Crippen LogP contribution in [0, 0.1) is 11.8 Å². The topological polar surface area (TPSA) is 105 Å². The zero-order valence-electron chi connectivity index (χ0n) is 22.7. The molecule has 3 fully saturated rings. The number of hydrogen-bond donors (Lipinski definition) is 2. The van der Waals surface area contributed by atoms with Gasteiger partial charge in [0.25, 0.3) is 0 Å². The fourth-order valence-corrected chi connectivity index (χ4v) is 5.42.